The number of hydrogen-bond donors (Lipinski definition) is 1. The smallest absolute Gasteiger partial charge is 0.264 e. The molecule has 0 fully saturated rings. The minimum Gasteiger partial charge on any atom is -0.275 e. The summed E-state index contributed by atoms with van der Waals surface area (Å²) in [6, 6.07) is 2.87. The zero-order valence-electron chi connectivity index (χ0n) is 8.82. The number of rotatable bonds is 3. The van der Waals surface area contributed by atoms with Crippen LogP contribution in [-0.2, 0) is 10.0 Å². The number of halogens is 4. The summed E-state index contributed by atoms with van der Waals surface area (Å²) in [7, 11) is -4.12. The summed E-state index contributed by atoms with van der Waals surface area (Å²) in [6.45, 7) is 0. The van der Waals surface area contributed by atoms with Crippen molar-refractivity contribution in [1.82, 2.24) is 4.98 Å². The van der Waals surface area contributed by atoms with E-state index in [1.165, 1.54) is 0 Å². The topological polar surface area (TPSA) is 59.1 Å². The highest BCUT2D eigenvalue weighted by Gasteiger charge is 2.22. The highest BCUT2D eigenvalue weighted by Crippen LogP contribution is 2.35. The molecule has 1 N–H and O–H groups in total. The Morgan fingerprint density at radius 2 is 1.95 bits per heavy atom. The van der Waals surface area contributed by atoms with Gasteiger partial charge in [0.2, 0.25) is 11.9 Å². The molecule has 2 heterocycles. The van der Waals surface area contributed by atoms with Crippen LogP contribution in [0.15, 0.2) is 23.1 Å². The molecule has 10 heteroatoms. The van der Waals surface area contributed by atoms with Crippen LogP contribution in [0.5, 0.6) is 0 Å². The number of sulfonamides is 1. The van der Waals surface area contributed by atoms with Crippen molar-refractivity contribution in [3.05, 3.63) is 38.8 Å². The Kier molecular flexibility index (Phi) is 3.95. The maximum Gasteiger partial charge on any atom is 0.264 e. The average molecular weight is 345 g/mol. The van der Waals surface area contributed by atoms with Gasteiger partial charge in [0.05, 0.1) is 4.34 Å². The maximum atomic E-state index is 13.3. The normalized spacial score (nSPS) is 11.6. The highest BCUT2D eigenvalue weighted by molar-refractivity contribution is 7.93. The highest BCUT2D eigenvalue weighted by atomic mass is 35.5. The number of pyridine rings is 1. The minimum atomic E-state index is -4.12. The van der Waals surface area contributed by atoms with Gasteiger partial charge in [-0.05, 0) is 18.2 Å². The summed E-state index contributed by atoms with van der Waals surface area (Å²) >= 11 is 12.2. The summed E-state index contributed by atoms with van der Waals surface area (Å²) in [4.78, 5) is 2.58. The fraction of sp³-hybridized carbons (Fsp3) is 0. The van der Waals surface area contributed by atoms with Gasteiger partial charge in [-0.2, -0.15) is 13.8 Å². The fourth-order valence-electron chi connectivity index (χ4n) is 1.20. The number of anilines is 1. The minimum absolute atomic E-state index is 0.0621. The summed E-state index contributed by atoms with van der Waals surface area (Å²) in [6.07, 6.45) is 0. The first-order valence-corrected chi connectivity index (χ1v) is 7.65. The molecule has 0 spiro atoms. The molecule has 2 aromatic rings. The Balaban J connectivity index is 2.39. The zero-order valence-corrected chi connectivity index (χ0v) is 12.0. The Labute approximate surface area is 121 Å². The van der Waals surface area contributed by atoms with Crippen molar-refractivity contribution >= 4 is 50.2 Å². The molecular formula is C9H4Cl2F2N2O2S2. The predicted molar refractivity (Wildman–Crippen MR) is 69.3 cm³/mol. The summed E-state index contributed by atoms with van der Waals surface area (Å²) < 4.78 is 51.8. The van der Waals surface area contributed by atoms with Gasteiger partial charge in [0.1, 0.15) is 14.9 Å². The molecule has 19 heavy (non-hydrogen) atoms. The van der Waals surface area contributed by atoms with E-state index in [1.807, 2.05) is 4.72 Å². The summed E-state index contributed by atoms with van der Waals surface area (Å²) in [5.74, 6) is -2.34. The van der Waals surface area contributed by atoms with Crippen LogP contribution in [-0.4, -0.2) is 13.4 Å². The lowest BCUT2D eigenvalue weighted by molar-refractivity contribution is 0.515. The second kappa shape index (κ2) is 5.20. The molecular weight excluding hydrogens is 341 g/mol. The van der Waals surface area contributed by atoms with E-state index in [0.717, 1.165) is 29.5 Å². The van der Waals surface area contributed by atoms with E-state index in [1.54, 1.807) is 0 Å². The quantitative estimate of drug-likeness (QED) is 0.866. The van der Waals surface area contributed by atoms with Crippen molar-refractivity contribution in [3.63, 3.8) is 0 Å². The second-order valence-electron chi connectivity index (χ2n) is 3.27. The molecule has 0 aliphatic rings. The van der Waals surface area contributed by atoms with Crippen LogP contribution < -0.4 is 4.72 Å². The van der Waals surface area contributed by atoms with Gasteiger partial charge in [0.25, 0.3) is 10.0 Å². The van der Waals surface area contributed by atoms with Gasteiger partial charge in [-0.15, -0.1) is 11.3 Å². The van der Waals surface area contributed by atoms with Gasteiger partial charge in [-0.3, -0.25) is 4.72 Å². The molecule has 0 aliphatic heterocycles. The summed E-state index contributed by atoms with van der Waals surface area (Å²) in [5.41, 5.74) is -0.486. The lowest BCUT2D eigenvalue weighted by atomic mass is 10.4. The van der Waals surface area contributed by atoms with E-state index in [4.69, 9.17) is 23.2 Å². The molecule has 4 nitrogen and oxygen atoms in total. The zero-order chi connectivity index (χ0) is 14.2. The standard InChI is InChI=1S/C9H4Cl2F2N2O2S2/c10-6-3-5(8(11)18-6)19(16,17)15-4-1-2-7(12)14-9(4)13/h1-3,15H. The molecule has 0 radical (unpaired) electrons. The average Bonchev–Trinajstić information content (AvgIpc) is 2.63. The van der Waals surface area contributed by atoms with E-state index < -0.39 is 27.6 Å². The van der Waals surface area contributed by atoms with Gasteiger partial charge in [-0.1, -0.05) is 23.2 Å². The summed E-state index contributed by atoms with van der Waals surface area (Å²) in [5, 5.41) is 0. The SMILES string of the molecule is O=S(=O)(Nc1ccc(F)nc1F)c1cc(Cl)sc1Cl. The molecule has 0 unspecified atom stereocenters. The van der Waals surface area contributed by atoms with Crippen LogP contribution in [0.1, 0.15) is 0 Å². The van der Waals surface area contributed by atoms with Crippen molar-refractivity contribution < 1.29 is 17.2 Å². The predicted octanol–water partition coefficient (Wildman–Crippen LogP) is 3.53. The van der Waals surface area contributed by atoms with E-state index in [0.29, 0.717) is 0 Å². The molecule has 0 aliphatic carbocycles. The molecule has 102 valence electrons. The maximum absolute atomic E-state index is 13.3. The molecule has 0 bridgehead atoms. The van der Waals surface area contributed by atoms with Crippen LogP contribution in [0.2, 0.25) is 8.67 Å². The van der Waals surface area contributed by atoms with Crippen molar-refractivity contribution in [2.45, 2.75) is 4.90 Å². The Hall–Kier alpha value is -0.960. The molecule has 0 atom stereocenters. The largest absolute Gasteiger partial charge is 0.275 e. The van der Waals surface area contributed by atoms with Gasteiger partial charge in [0, 0.05) is 0 Å². The van der Waals surface area contributed by atoms with Crippen molar-refractivity contribution in [2.75, 3.05) is 4.72 Å². The number of aromatic nitrogens is 1. The van der Waals surface area contributed by atoms with E-state index in [2.05, 4.69) is 4.98 Å². The van der Waals surface area contributed by atoms with Crippen LogP contribution in [0.25, 0.3) is 0 Å². The third-order valence-corrected chi connectivity index (χ3v) is 5.09. The Morgan fingerprint density at radius 1 is 1.26 bits per heavy atom. The monoisotopic (exact) mass is 344 g/mol. The first-order chi connectivity index (χ1) is 8.79. The van der Waals surface area contributed by atoms with Crippen LogP contribution in [0, 0.1) is 11.9 Å². The lowest BCUT2D eigenvalue weighted by Crippen LogP contribution is -2.14. The molecule has 0 saturated heterocycles. The Bertz CT molecular complexity index is 734. The van der Waals surface area contributed by atoms with E-state index in [9.17, 15) is 17.2 Å². The van der Waals surface area contributed by atoms with Gasteiger partial charge in [-0.25, -0.2) is 8.42 Å². The number of thiophene rings is 1. The van der Waals surface area contributed by atoms with Gasteiger partial charge in [0.15, 0.2) is 0 Å². The second-order valence-corrected chi connectivity index (χ2v) is 7.20. The molecule has 0 amide bonds. The van der Waals surface area contributed by atoms with Crippen molar-refractivity contribution in [2.24, 2.45) is 0 Å². The van der Waals surface area contributed by atoms with Gasteiger partial charge >= 0.3 is 0 Å². The molecule has 0 aromatic carbocycles. The first kappa shape index (κ1) is 14.4. The third-order valence-electron chi connectivity index (χ3n) is 1.97. The Morgan fingerprint density at radius 3 is 2.47 bits per heavy atom. The third kappa shape index (κ3) is 3.14. The van der Waals surface area contributed by atoms with Crippen LogP contribution in [0.4, 0.5) is 14.5 Å². The number of hydrogen-bond acceptors (Lipinski definition) is 4. The van der Waals surface area contributed by atoms with Gasteiger partial charge < -0.3 is 0 Å². The van der Waals surface area contributed by atoms with E-state index in [-0.39, 0.29) is 13.6 Å². The fourth-order valence-corrected chi connectivity index (χ4v) is 4.40. The van der Waals surface area contributed by atoms with Crippen molar-refractivity contribution in [3.8, 4) is 0 Å². The first-order valence-electron chi connectivity index (χ1n) is 4.59. The molecule has 0 saturated carbocycles. The molecule has 2 rings (SSSR count). The van der Waals surface area contributed by atoms with Crippen molar-refractivity contribution in [1.29, 1.82) is 0 Å². The van der Waals surface area contributed by atoms with E-state index >= 15 is 0 Å². The molecule has 2 aromatic heterocycles. The number of nitrogens with zero attached hydrogens (tertiary/aromatic N) is 1. The number of nitrogens with one attached hydrogen (secondary N) is 1. The van der Waals surface area contributed by atoms with Crippen LogP contribution >= 0.6 is 34.5 Å². The van der Waals surface area contributed by atoms with Crippen LogP contribution in [0.3, 0.4) is 0 Å². The lowest BCUT2D eigenvalue weighted by Gasteiger charge is -2.07.